The maximum absolute atomic E-state index is 2.37. The van der Waals surface area contributed by atoms with Crippen LogP contribution in [0.1, 0.15) is 27.8 Å². The van der Waals surface area contributed by atoms with Crippen LogP contribution in [0.2, 0.25) is 0 Å². The van der Waals surface area contributed by atoms with Gasteiger partial charge in [-0.15, -0.1) is 0 Å². The van der Waals surface area contributed by atoms with Gasteiger partial charge >= 0.3 is 27.4 Å². The number of fused-ring (bicyclic) bond motifs is 30. The molecule has 0 aromatic heterocycles. The molecule has 12 aromatic rings. The molecule has 0 N–H and O–H groups in total. The van der Waals surface area contributed by atoms with Crippen LogP contribution in [0.3, 0.4) is 0 Å². The van der Waals surface area contributed by atoms with Crippen molar-refractivity contribution in [1.29, 1.82) is 0 Å². The zero-order valence-corrected chi connectivity index (χ0v) is 48.4. The second-order valence-corrected chi connectivity index (χ2v) is 23.5. The van der Waals surface area contributed by atoms with E-state index in [1.807, 2.05) is 0 Å². The van der Waals surface area contributed by atoms with Crippen LogP contribution in [0.5, 0.6) is 0 Å². The van der Waals surface area contributed by atoms with Crippen LogP contribution >= 0.6 is 0 Å². The fourth-order valence-electron chi connectivity index (χ4n) is 14.8. The van der Waals surface area contributed by atoms with Gasteiger partial charge in [-0.25, -0.2) is 0 Å². The lowest BCUT2D eigenvalue weighted by Crippen LogP contribution is -2.56. The molecule has 0 saturated carbocycles. The molecule has 8 aliphatic heterocycles. The summed E-state index contributed by atoms with van der Waals surface area (Å²) in [6, 6.07) is 83.0. The standard InChI is InChI=1S/4C20H14BN/c1-3-7-17-15(5-1)9-10-19-18(17)12-14-22-20-8-4-2-6-16(20)11-13-21(19)22;1-3-7-17-15(5-1)9-10-20-18(17)12-14-22-13-11-16-6-2-4-8-19(16)21(20)22;1-2-9-17-15(7-1)16-8-3-4-10-18(16)20-19(17)11-14-22-13-6-5-12-21(20)22;1-2-8-16-15(7-1)11-12-18-20(16)17-9-3-4-10-19(17)22-14-6-5-13-21(18)22/h4*1-14H. The molecular formula is C80H56B4N4. The Kier molecular flexibility index (Phi) is 12.6. The average Bonchev–Trinajstić information content (AvgIpc) is 2.33. The molecule has 0 spiro atoms. The third kappa shape index (κ3) is 8.58. The van der Waals surface area contributed by atoms with Crippen LogP contribution in [0, 0.1) is 0 Å². The van der Waals surface area contributed by atoms with E-state index in [1.165, 1.54) is 131 Å². The van der Waals surface area contributed by atoms with E-state index >= 15 is 0 Å². The predicted octanol–water partition coefficient (Wildman–Crippen LogP) is 15.6. The summed E-state index contributed by atoms with van der Waals surface area (Å²) < 4.78 is 0. The van der Waals surface area contributed by atoms with Crippen LogP contribution in [-0.2, 0) is 0 Å². The number of rotatable bonds is 0. The third-order valence-electron chi connectivity index (χ3n) is 18.8. The average molecular weight is 1120 g/mol. The van der Waals surface area contributed by atoms with Crippen molar-refractivity contribution in [3.63, 3.8) is 0 Å². The van der Waals surface area contributed by atoms with Crippen LogP contribution in [-0.4, -0.2) is 37.0 Å². The first-order chi connectivity index (χ1) is 43.7. The van der Waals surface area contributed by atoms with Crippen LogP contribution in [0.15, 0.2) is 310 Å². The van der Waals surface area contributed by atoms with Crippen molar-refractivity contribution in [1.82, 2.24) is 9.62 Å². The van der Waals surface area contributed by atoms with Gasteiger partial charge in [0.2, 0.25) is 0 Å². The monoisotopic (exact) mass is 1120 g/mol. The van der Waals surface area contributed by atoms with Crippen molar-refractivity contribution in [2.75, 3.05) is 9.62 Å². The van der Waals surface area contributed by atoms with Crippen LogP contribution in [0.25, 0.3) is 95.4 Å². The lowest BCUT2D eigenvalue weighted by molar-refractivity contribution is 0.798. The zero-order valence-electron chi connectivity index (χ0n) is 48.4. The number of hydrogen-bond acceptors (Lipinski definition) is 4. The molecule has 12 aromatic carbocycles. The van der Waals surface area contributed by atoms with Gasteiger partial charge in [-0.05, 0) is 200 Å². The number of benzene rings is 12. The summed E-state index contributed by atoms with van der Waals surface area (Å²) in [5.41, 5.74) is 18.9. The third-order valence-corrected chi connectivity index (χ3v) is 18.8. The van der Waals surface area contributed by atoms with E-state index in [1.54, 1.807) is 0 Å². The summed E-state index contributed by atoms with van der Waals surface area (Å²) in [5.74, 6) is 6.87. The molecule has 0 saturated heterocycles. The highest BCUT2D eigenvalue weighted by Gasteiger charge is 2.36. The molecule has 0 amide bonds. The lowest BCUT2D eigenvalue weighted by Gasteiger charge is -2.36. The van der Waals surface area contributed by atoms with E-state index in [4.69, 9.17) is 0 Å². The van der Waals surface area contributed by atoms with Crippen molar-refractivity contribution < 1.29 is 0 Å². The van der Waals surface area contributed by atoms with Gasteiger partial charge in [0, 0.05) is 16.9 Å². The Morgan fingerprint density at radius 2 is 0.773 bits per heavy atom. The molecular weight excluding hydrogens is 1060 g/mol. The minimum absolute atomic E-state index is 0.283. The van der Waals surface area contributed by atoms with Crippen molar-refractivity contribution >= 4 is 150 Å². The van der Waals surface area contributed by atoms with Gasteiger partial charge in [-0.2, -0.15) is 0 Å². The van der Waals surface area contributed by atoms with Gasteiger partial charge in [0.1, 0.15) is 0 Å². The Labute approximate surface area is 515 Å². The van der Waals surface area contributed by atoms with Gasteiger partial charge in [0.05, 0.1) is 0 Å². The molecule has 0 aliphatic carbocycles. The number of nitrogens with zero attached hydrogens (tertiary/aromatic N) is 4. The van der Waals surface area contributed by atoms with E-state index in [-0.39, 0.29) is 6.85 Å². The van der Waals surface area contributed by atoms with Crippen LogP contribution < -0.4 is 36.9 Å². The summed E-state index contributed by atoms with van der Waals surface area (Å²) in [6.45, 7) is 1.16. The maximum atomic E-state index is 2.37. The summed E-state index contributed by atoms with van der Waals surface area (Å²) >= 11 is 0. The number of para-hydroxylation sites is 2. The first-order valence-corrected chi connectivity index (χ1v) is 30.7. The topological polar surface area (TPSA) is 13.0 Å². The van der Waals surface area contributed by atoms with Crippen molar-refractivity contribution in [2.45, 2.75) is 0 Å². The molecule has 88 heavy (non-hydrogen) atoms. The number of allylic oxidation sites excluding steroid dienone is 4. The molecule has 0 unspecified atom stereocenters. The molecule has 0 atom stereocenters. The fourth-order valence-corrected chi connectivity index (χ4v) is 14.8. The van der Waals surface area contributed by atoms with Gasteiger partial charge < -0.3 is 19.2 Å². The second kappa shape index (κ2) is 21.5. The highest BCUT2D eigenvalue weighted by Crippen LogP contribution is 2.40. The highest BCUT2D eigenvalue weighted by atomic mass is 15.1. The molecule has 20 rings (SSSR count). The largest absolute Gasteiger partial charge is 0.389 e. The van der Waals surface area contributed by atoms with E-state index in [9.17, 15) is 0 Å². The zero-order chi connectivity index (χ0) is 58.1. The van der Waals surface area contributed by atoms with E-state index in [0.29, 0.717) is 20.5 Å². The van der Waals surface area contributed by atoms with Gasteiger partial charge in [0.25, 0.3) is 0 Å². The number of hydrogen-bond donors (Lipinski definition) is 0. The smallest absolute Gasteiger partial charge is 0.328 e. The SMILES string of the molecule is C1=CB2c3c(c4ccccc4c4ccccc34)C=CN2C=C1.C1=CB2c3ccc4ccccc4c3-c3ccccc3N2C=C1.C1=CN2C=Cc3c(ccc4ccccc34)B2c2ccccc21.C1=Cc2ccccc2N2C=Cc3c(ccc4ccccc34)B12. The van der Waals surface area contributed by atoms with Gasteiger partial charge in [-0.3, -0.25) is 0 Å². The molecule has 8 heteroatoms. The summed E-state index contributed by atoms with van der Waals surface area (Å²) in [7, 11) is 0. The van der Waals surface area contributed by atoms with Crippen molar-refractivity contribution in [2.24, 2.45) is 0 Å². The quantitative estimate of drug-likeness (QED) is 0.111. The first-order valence-electron chi connectivity index (χ1n) is 30.7. The Bertz CT molecular complexity index is 5140. The highest BCUT2D eigenvalue weighted by molar-refractivity contribution is 6.86. The molecule has 8 aliphatic rings. The van der Waals surface area contributed by atoms with E-state index in [2.05, 4.69) is 360 Å². The molecule has 408 valence electrons. The minimum atomic E-state index is 0.283. The normalized spacial score (nSPS) is 14.9. The van der Waals surface area contributed by atoms with Crippen LogP contribution in [0.4, 0.5) is 11.4 Å². The predicted molar refractivity (Wildman–Crippen MR) is 383 cm³/mol. The maximum Gasteiger partial charge on any atom is 0.328 e. The molecule has 8 heterocycles. The first kappa shape index (κ1) is 51.5. The molecule has 0 bridgehead atoms. The van der Waals surface area contributed by atoms with E-state index < -0.39 is 0 Å². The molecule has 4 nitrogen and oxygen atoms in total. The van der Waals surface area contributed by atoms with Gasteiger partial charge in [0.15, 0.2) is 0 Å². The minimum Gasteiger partial charge on any atom is -0.389 e. The summed E-state index contributed by atoms with van der Waals surface area (Å²) in [5, 5.41) is 13.3. The number of anilines is 2. The molecule has 0 radical (unpaired) electrons. The van der Waals surface area contributed by atoms with Crippen molar-refractivity contribution in [3.05, 3.63) is 338 Å². The Morgan fingerprint density at radius 1 is 0.261 bits per heavy atom. The lowest BCUT2D eigenvalue weighted by atomic mass is 9.45. The summed E-state index contributed by atoms with van der Waals surface area (Å²) in [4.78, 5) is 9.32. The van der Waals surface area contributed by atoms with Gasteiger partial charge in [-0.1, -0.05) is 255 Å². The Hall–Kier alpha value is -10.9. The van der Waals surface area contributed by atoms with E-state index in [0.717, 1.165) is 0 Å². The Morgan fingerprint density at radius 3 is 1.56 bits per heavy atom. The summed E-state index contributed by atoms with van der Waals surface area (Å²) in [6.07, 6.45) is 32.8. The second-order valence-electron chi connectivity index (χ2n) is 23.5. The Balaban J connectivity index is 0.0000000910. The fraction of sp³-hybridized carbons (Fsp3) is 0. The van der Waals surface area contributed by atoms with Crippen molar-refractivity contribution in [3.8, 4) is 11.1 Å². The molecule has 0 fully saturated rings.